The Morgan fingerprint density at radius 1 is 1.04 bits per heavy atom. The second-order valence-corrected chi connectivity index (χ2v) is 7.22. The van der Waals surface area contributed by atoms with Crippen LogP contribution in [0.15, 0.2) is 34.8 Å². The normalized spacial score (nSPS) is 22.3. The van der Waals surface area contributed by atoms with E-state index in [2.05, 4.69) is 22.9 Å². The first-order valence-electron chi connectivity index (χ1n) is 7.80. The second-order valence-electron chi connectivity index (χ2n) is 6.30. The van der Waals surface area contributed by atoms with Crippen LogP contribution >= 0.6 is 15.9 Å². The van der Waals surface area contributed by atoms with Gasteiger partial charge in [0.15, 0.2) is 0 Å². The molecule has 5 heteroatoms. The average molecular weight is 387 g/mol. The molecule has 0 aliphatic heterocycles. The van der Waals surface area contributed by atoms with Gasteiger partial charge in [-0.15, -0.1) is 0 Å². The SMILES string of the molecule is C[C@H]1CC[C@@H](Oc2ccc3cc(Br)ccc3c2C(F)(F)F)CC1. The van der Waals surface area contributed by atoms with Crippen molar-refractivity contribution in [1.82, 2.24) is 0 Å². The minimum atomic E-state index is -4.44. The number of hydrogen-bond donors (Lipinski definition) is 0. The van der Waals surface area contributed by atoms with Crippen LogP contribution < -0.4 is 4.74 Å². The monoisotopic (exact) mass is 386 g/mol. The number of ether oxygens (including phenoxy) is 1. The summed E-state index contributed by atoms with van der Waals surface area (Å²) < 4.78 is 47.3. The van der Waals surface area contributed by atoms with Gasteiger partial charge in [0.1, 0.15) is 11.3 Å². The molecule has 0 saturated heterocycles. The topological polar surface area (TPSA) is 9.23 Å². The maximum Gasteiger partial charge on any atom is 0.420 e. The molecule has 0 spiro atoms. The molecule has 2 aromatic rings. The third-order valence-electron chi connectivity index (χ3n) is 4.48. The predicted octanol–water partition coefficient (Wildman–Crippen LogP) is 6.58. The predicted molar refractivity (Wildman–Crippen MR) is 88.7 cm³/mol. The molecule has 0 radical (unpaired) electrons. The van der Waals surface area contributed by atoms with Crippen LogP contribution in [-0.2, 0) is 6.18 Å². The Balaban J connectivity index is 2.01. The van der Waals surface area contributed by atoms with Gasteiger partial charge in [0.2, 0.25) is 0 Å². The van der Waals surface area contributed by atoms with Gasteiger partial charge >= 0.3 is 6.18 Å². The van der Waals surface area contributed by atoms with Crippen LogP contribution in [0, 0.1) is 5.92 Å². The Hall–Kier alpha value is -1.23. The van der Waals surface area contributed by atoms with Crippen LogP contribution in [0.3, 0.4) is 0 Å². The van der Waals surface area contributed by atoms with E-state index in [4.69, 9.17) is 4.74 Å². The second kappa shape index (κ2) is 6.34. The molecular formula is C18H18BrF3O. The van der Waals surface area contributed by atoms with E-state index in [0.717, 1.165) is 30.2 Å². The largest absolute Gasteiger partial charge is 0.490 e. The van der Waals surface area contributed by atoms with Crippen LogP contribution in [0.2, 0.25) is 0 Å². The molecule has 1 saturated carbocycles. The highest BCUT2D eigenvalue weighted by Gasteiger charge is 2.37. The van der Waals surface area contributed by atoms with Crippen LogP contribution in [0.1, 0.15) is 38.2 Å². The highest BCUT2D eigenvalue weighted by molar-refractivity contribution is 9.10. The highest BCUT2D eigenvalue weighted by atomic mass is 79.9. The molecule has 0 atom stereocenters. The summed E-state index contributed by atoms with van der Waals surface area (Å²) in [5.41, 5.74) is -0.666. The van der Waals surface area contributed by atoms with Crippen molar-refractivity contribution in [3.63, 3.8) is 0 Å². The molecule has 124 valence electrons. The van der Waals surface area contributed by atoms with Gasteiger partial charge in [-0.05, 0) is 60.6 Å². The summed E-state index contributed by atoms with van der Waals surface area (Å²) in [4.78, 5) is 0. The lowest BCUT2D eigenvalue weighted by molar-refractivity contribution is -0.138. The zero-order valence-electron chi connectivity index (χ0n) is 12.8. The number of hydrogen-bond acceptors (Lipinski definition) is 1. The summed E-state index contributed by atoms with van der Waals surface area (Å²) >= 11 is 3.30. The van der Waals surface area contributed by atoms with Gasteiger partial charge in [-0.1, -0.05) is 35.0 Å². The smallest absolute Gasteiger partial charge is 0.420 e. The lowest BCUT2D eigenvalue weighted by Crippen LogP contribution is -2.24. The fourth-order valence-corrected chi connectivity index (χ4v) is 3.58. The van der Waals surface area contributed by atoms with Crippen molar-refractivity contribution in [3.05, 3.63) is 40.4 Å². The van der Waals surface area contributed by atoms with Gasteiger partial charge in [0.25, 0.3) is 0 Å². The molecule has 0 aromatic heterocycles. The molecule has 1 nitrogen and oxygen atoms in total. The summed E-state index contributed by atoms with van der Waals surface area (Å²) in [6.07, 6.45) is -0.919. The number of fused-ring (bicyclic) bond motifs is 1. The van der Waals surface area contributed by atoms with Crippen LogP contribution in [0.5, 0.6) is 5.75 Å². The molecule has 0 N–H and O–H groups in total. The Labute approximate surface area is 142 Å². The minimum absolute atomic E-state index is 0.0492. The first-order valence-corrected chi connectivity index (χ1v) is 8.60. The quantitative estimate of drug-likeness (QED) is 0.566. The Kier molecular flexibility index (Phi) is 4.59. The zero-order chi connectivity index (χ0) is 16.6. The maximum atomic E-state index is 13.6. The van der Waals surface area contributed by atoms with E-state index >= 15 is 0 Å². The van der Waals surface area contributed by atoms with Crippen molar-refractivity contribution in [2.24, 2.45) is 5.92 Å². The number of rotatable bonds is 2. The van der Waals surface area contributed by atoms with Crippen molar-refractivity contribution >= 4 is 26.7 Å². The van der Waals surface area contributed by atoms with E-state index in [9.17, 15) is 13.2 Å². The summed E-state index contributed by atoms with van der Waals surface area (Å²) in [5, 5.41) is 0.735. The summed E-state index contributed by atoms with van der Waals surface area (Å²) in [7, 11) is 0. The van der Waals surface area contributed by atoms with Crippen molar-refractivity contribution in [2.75, 3.05) is 0 Å². The molecule has 0 amide bonds. The van der Waals surface area contributed by atoms with E-state index in [0.29, 0.717) is 11.3 Å². The molecule has 1 fully saturated rings. The number of halogens is 4. The molecule has 1 aliphatic carbocycles. The molecule has 2 aromatic carbocycles. The van der Waals surface area contributed by atoms with E-state index in [1.807, 2.05) is 0 Å². The van der Waals surface area contributed by atoms with E-state index in [1.54, 1.807) is 18.2 Å². The first-order chi connectivity index (χ1) is 10.8. The van der Waals surface area contributed by atoms with Crippen molar-refractivity contribution < 1.29 is 17.9 Å². The summed E-state index contributed by atoms with van der Waals surface area (Å²) in [5.74, 6) is 0.581. The molecule has 0 unspecified atom stereocenters. The highest BCUT2D eigenvalue weighted by Crippen LogP contribution is 2.43. The fraction of sp³-hybridized carbons (Fsp3) is 0.444. The zero-order valence-corrected chi connectivity index (χ0v) is 14.4. The standard InChI is InChI=1S/C18H18BrF3O/c1-11-2-6-14(7-3-11)23-16-9-4-12-10-13(19)5-8-15(12)17(16)18(20,21)22/h4-5,8-11,14H,2-3,6-7H2,1H3/t11-,14+. The Morgan fingerprint density at radius 2 is 1.74 bits per heavy atom. The average Bonchev–Trinajstić information content (AvgIpc) is 2.48. The van der Waals surface area contributed by atoms with E-state index < -0.39 is 11.7 Å². The van der Waals surface area contributed by atoms with Gasteiger partial charge in [-0.25, -0.2) is 0 Å². The number of alkyl halides is 3. The van der Waals surface area contributed by atoms with Gasteiger partial charge in [0, 0.05) is 4.47 Å². The molecule has 3 rings (SSSR count). The Bertz CT molecular complexity index is 703. The van der Waals surface area contributed by atoms with Gasteiger partial charge in [0.05, 0.1) is 6.10 Å². The lowest BCUT2D eigenvalue weighted by Gasteiger charge is -2.28. The van der Waals surface area contributed by atoms with Crippen LogP contribution in [-0.4, -0.2) is 6.10 Å². The van der Waals surface area contributed by atoms with Gasteiger partial charge < -0.3 is 4.74 Å². The molecule has 0 bridgehead atoms. The Morgan fingerprint density at radius 3 is 2.39 bits per heavy atom. The molecule has 23 heavy (non-hydrogen) atoms. The van der Waals surface area contributed by atoms with E-state index in [1.165, 1.54) is 12.1 Å². The maximum absolute atomic E-state index is 13.6. The van der Waals surface area contributed by atoms with Crippen LogP contribution in [0.25, 0.3) is 10.8 Å². The fourth-order valence-electron chi connectivity index (χ4n) is 3.20. The number of benzene rings is 2. The van der Waals surface area contributed by atoms with Crippen molar-refractivity contribution in [1.29, 1.82) is 0 Å². The molecule has 1 aliphatic rings. The lowest BCUT2D eigenvalue weighted by atomic mass is 9.89. The van der Waals surface area contributed by atoms with E-state index in [-0.39, 0.29) is 17.2 Å². The van der Waals surface area contributed by atoms with Crippen molar-refractivity contribution in [3.8, 4) is 5.75 Å². The third-order valence-corrected chi connectivity index (χ3v) is 4.98. The summed E-state index contributed by atoms with van der Waals surface area (Å²) in [6.45, 7) is 2.17. The van der Waals surface area contributed by atoms with Crippen molar-refractivity contribution in [2.45, 2.75) is 44.9 Å². The van der Waals surface area contributed by atoms with Gasteiger partial charge in [-0.2, -0.15) is 13.2 Å². The third kappa shape index (κ3) is 3.65. The summed E-state index contributed by atoms with van der Waals surface area (Å²) in [6, 6.07) is 7.96. The van der Waals surface area contributed by atoms with Gasteiger partial charge in [-0.3, -0.25) is 0 Å². The molecule has 0 heterocycles. The van der Waals surface area contributed by atoms with Crippen LogP contribution in [0.4, 0.5) is 13.2 Å². The first kappa shape index (κ1) is 16.6. The molecular weight excluding hydrogens is 369 g/mol. The minimum Gasteiger partial charge on any atom is -0.490 e.